The van der Waals surface area contributed by atoms with Crippen LogP contribution in [0.1, 0.15) is 20.8 Å². The Morgan fingerprint density at radius 1 is 1.07 bits per heavy atom. The van der Waals surface area contributed by atoms with Crippen LogP contribution >= 0.6 is 23.4 Å². The summed E-state index contributed by atoms with van der Waals surface area (Å²) in [5.41, 5.74) is 0.382. The third-order valence-corrected chi connectivity index (χ3v) is 7.01. The molecule has 8 heteroatoms. The van der Waals surface area contributed by atoms with Crippen molar-refractivity contribution in [3.63, 3.8) is 0 Å². The van der Waals surface area contributed by atoms with Crippen molar-refractivity contribution in [1.29, 1.82) is 0 Å². The van der Waals surface area contributed by atoms with Crippen molar-refractivity contribution in [1.82, 2.24) is 5.32 Å². The summed E-state index contributed by atoms with van der Waals surface area (Å²) >= 11 is 7.66. The molecule has 5 nitrogen and oxygen atoms in total. The second-order valence-corrected chi connectivity index (χ2v) is 11.3. The smallest absolute Gasteiger partial charge is 0.264 e. The van der Waals surface area contributed by atoms with E-state index >= 15 is 0 Å². The highest BCUT2D eigenvalue weighted by atomic mass is 35.5. The summed E-state index contributed by atoms with van der Waals surface area (Å²) in [7, 11) is -3.89. The Morgan fingerprint density at radius 3 is 2.25 bits per heavy atom. The van der Waals surface area contributed by atoms with Crippen molar-refractivity contribution in [2.75, 3.05) is 23.1 Å². The van der Waals surface area contributed by atoms with Crippen LogP contribution in [0, 0.1) is 0 Å². The van der Waals surface area contributed by atoms with Crippen LogP contribution in [0.25, 0.3) is 0 Å². The van der Waals surface area contributed by atoms with E-state index in [0.717, 1.165) is 10.1 Å². The third kappa shape index (κ3) is 6.72. The van der Waals surface area contributed by atoms with Gasteiger partial charge in [0.1, 0.15) is 6.54 Å². The van der Waals surface area contributed by atoms with Gasteiger partial charge in [-0.1, -0.05) is 50.6 Å². The molecule has 152 valence electrons. The first-order valence-corrected chi connectivity index (χ1v) is 11.6. The number of thioether (sulfide) groups is 1. The zero-order valence-electron chi connectivity index (χ0n) is 16.2. The lowest BCUT2D eigenvalue weighted by atomic mass is 10.3. The predicted molar refractivity (Wildman–Crippen MR) is 118 cm³/mol. The topological polar surface area (TPSA) is 66.5 Å². The maximum atomic E-state index is 13.1. The second-order valence-electron chi connectivity index (χ2n) is 7.11. The molecule has 0 radical (unpaired) electrons. The van der Waals surface area contributed by atoms with Gasteiger partial charge < -0.3 is 5.32 Å². The minimum Gasteiger partial charge on any atom is -0.354 e. The number of halogens is 1. The quantitative estimate of drug-likeness (QED) is 0.625. The highest BCUT2D eigenvalue weighted by Crippen LogP contribution is 2.25. The average molecular weight is 441 g/mol. The van der Waals surface area contributed by atoms with Crippen molar-refractivity contribution in [3.05, 3.63) is 59.6 Å². The maximum absolute atomic E-state index is 13.1. The van der Waals surface area contributed by atoms with Crippen molar-refractivity contribution < 1.29 is 13.2 Å². The molecule has 0 fully saturated rings. The first kappa shape index (κ1) is 22.6. The molecule has 0 heterocycles. The molecule has 0 aliphatic heterocycles. The van der Waals surface area contributed by atoms with Crippen LogP contribution in [0.2, 0.25) is 5.02 Å². The van der Waals surface area contributed by atoms with Crippen LogP contribution in [-0.2, 0) is 14.8 Å². The van der Waals surface area contributed by atoms with Gasteiger partial charge in [-0.2, -0.15) is 11.8 Å². The van der Waals surface area contributed by atoms with Gasteiger partial charge in [0.15, 0.2) is 0 Å². The number of hydrogen-bond donors (Lipinski definition) is 1. The van der Waals surface area contributed by atoms with Gasteiger partial charge in [-0.25, -0.2) is 8.42 Å². The highest BCUT2D eigenvalue weighted by molar-refractivity contribution is 8.00. The number of rotatable bonds is 8. The fraction of sp³-hybridized carbons (Fsp3) is 0.350. The molecule has 0 spiro atoms. The average Bonchev–Trinajstić information content (AvgIpc) is 2.64. The largest absolute Gasteiger partial charge is 0.354 e. The maximum Gasteiger partial charge on any atom is 0.264 e. The SMILES string of the molecule is CC(C)(C)SCCNC(=O)CN(c1ccc(Cl)cc1)S(=O)(=O)c1ccccc1. The van der Waals surface area contributed by atoms with E-state index in [1.165, 1.54) is 12.1 Å². The summed E-state index contributed by atoms with van der Waals surface area (Å²) in [4.78, 5) is 12.6. The lowest BCUT2D eigenvalue weighted by Gasteiger charge is -2.24. The minimum atomic E-state index is -3.89. The Kier molecular flexibility index (Phi) is 7.80. The highest BCUT2D eigenvalue weighted by Gasteiger charge is 2.27. The van der Waals surface area contributed by atoms with Crippen molar-refractivity contribution in [3.8, 4) is 0 Å². The van der Waals surface area contributed by atoms with Gasteiger partial charge in [0.2, 0.25) is 5.91 Å². The summed E-state index contributed by atoms with van der Waals surface area (Å²) < 4.78 is 27.5. The number of sulfonamides is 1. The van der Waals surface area contributed by atoms with E-state index in [-0.39, 0.29) is 22.1 Å². The molecule has 2 aromatic rings. The van der Waals surface area contributed by atoms with E-state index in [9.17, 15) is 13.2 Å². The molecule has 0 saturated carbocycles. The summed E-state index contributed by atoms with van der Waals surface area (Å²) in [5, 5.41) is 3.29. The summed E-state index contributed by atoms with van der Waals surface area (Å²) in [5.74, 6) is 0.394. The molecule has 0 aromatic heterocycles. The van der Waals surface area contributed by atoms with E-state index in [1.807, 2.05) is 0 Å². The Bertz CT molecular complexity index is 880. The van der Waals surface area contributed by atoms with Gasteiger partial charge in [0, 0.05) is 22.1 Å². The van der Waals surface area contributed by atoms with Gasteiger partial charge >= 0.3 is 0 Å². The zero-order valence-corrected chi connectivity index (χ0v) is 18.6. The zero-order chi connectivity index (χ0) is 20.8. The van der Waals surface area contributed by atoms with Crippen LogP contribution in [0.3, 0.4) is 0 Å². The molecule has 0 atom stereocenters. The lowest BCUT2D eigenvalue weighted by molar-refractivity contribution is -0.119. The number of carbonyl (C=O) groups is 1. The Morgan fingerprint density at radius 2 is 1.68 bits per heavy atom. The summed E-state index contributed by atoms with van der Waals surface area (Å²) in [6.45, 7) is 6.48. The molecule has 0 aliphatic carbocycles. The standard InChI is InChI=1S/C20H25ClN2O3S2/c1-20(2,3)27-14-13-22-19(24)15-23(17-11-9-16(21)10-12-17)28(25,26)18-7-5-4-6-8-18/h4-12H,13-15H2,1-3H3,(H,22,24). The van der Waals surface area contributed by atoms with Gasteiger partial charge in [-0.15, -0.1) is 0 Å². The molecule has 0 aliphatic rings. The monoisotopic (exact) mass is 440 g/mol. The fourth-order valence-corrected chi connectivity index (χ4v) is 4.76. The number of amides is 1. The van der Waals surface area contributed by atoms with Gasteiger partial charge in [0.05, 0.1) is 10.6 Å². The molecule has 0 unspecified atom stereocenters. The molecule has 2 aromatic carbocycles. The first-order valence-electron chi connectivity index (χ1n) is 8.83. The Labute approximate surface area is 176 Å². The van der Waals surface area contributed by atoms with Crippen LogP contribution in [-0.4, -0.2) is 37.9 Å². The molecule has 0 saturated heterocycles. The molecule has 1 N–H and O–H groups in total. The number of hydrogen-bond acceptors (Lipinski definition) is 4. The molecule has 1 amide bonds. The van der Waals surface area contributed by atoms with E-state index in [2.05, 4.69) is 26.1 Å². The van der Waals surface area contributed by atoms with Crippen molar-refractivity contribution >= 4 is 45.0 Å². The second kappa shape index (κ2) is 9.67. The van der Waals surface area contributed by atoms with E-state index < -0.39 is 10.0 Å². The molecule has 28 heavy (non-hydrogen) atoms. The lowest BCUT2D eigenvalue weighted by Crippen LogP contribution is -2.41. The molecular formula is C20H25ClN2O3S2. The summed E-state index contributed by atoms with van der Waals surface area (Å²) in [6.07, 6.45) is 0. The van der Waals surface area contributed by atoms with E-state index in [0.29, 0.717) is 17.3 Å². The third-order valence-electron chi connectivity index (χ3n) is 3.69. The Balaban J connectivity index is 2.18. The van der Waals surface area contributed by atoms with Crippen molar-refractivity contribution in [2.45, 2.75) is 30.4 Å². The van der Waals surface area contributed by atoms with Crippen LogP contribution in [0.4, 0.5) is 5.69 Å². The molecule has 2 rings (SSSR count). The fourth-order valence-electron chi connectivity index (χ4n) is 2.38. The number of carbonyl (C=O) groups excluding carboxylic acids is 1. The minimum absolute atomic E-state index is 0.108. The van der Waals surface area contributed by atoms with Crippen LogP contribution in [0.15, 0.2) is 59.5 Å². The molecule has 0 bridgehead atoms. The van der Waals surface area contributed by atoms with E-state index in [1.54, 1.807) is 54.2 Å². The van der Waals surface area contributed by atoms with Crippen LogP contribution in [0.5, 0.6) is 0 Å². The van der Waals surface area contributed by atoms with Gasteiger partial charge in [-0.3, -0.25) is 9.10 Å². The number of nitrogens with zero attached hydrogens (tertiary/aromatic N) is 1. The van der Waals surface area contributed by atoms with E-state index in [4.69, 9.17) is 11.6 Å². The summed E-state index contributed by atoms with van der Waals surface area (Å²) in [6, 6.07) is 14.4. The predicted octanol–water partition coefficient (Wildman–Crippen LogP) is 4.18. The Hall–Kier alpha value is -1.70. The van der Waals surface area contributed by atoms with Gasteiger partial charge in [0.25, 0.3) is 10.0 Å². The van der Waals surface area contributed by atoms with Crippen molar-refractivity contribution in [2.24, 2.45) is 0 Å². The number of nitrogens with one attached hydrogen (secondary N) is 1. The molecular weight excluding hydrogens is 416 g/mol. The van der Waals surface area contributed by atoms with Gasteiger partial charge in [-0.05, 0) is 36.4 Å². The van der Waals surface area contributed by atoms with Crippen LogP contribution < -0.4 is 9.62 Å². The first-order chi connectivity index (χ1) is 13.1. The number of anilines is 1. The number of benzene rings is 2. The normalized spacial score (nSPS) is 11.9.